The Morgan fingerprint density at radius 3 is 2.48 bits per heavy atom. The van der Waals surface area contributed by atoms with Crippen LogP contribution in [0.5, 0.6) is 0 Å². The molecule has 3 rings (SSSR count). The summed E-state index contributed by atoms with van der Waals surface area (Å²) in [5, 5.41) is 0. The molecule has 1 aliphatic rings. The predicted octanol–water partition coefficient (Wildman–Crippen LogP) is 4.15. The molecule has 0 bridgehead atoms. The zero-order chi connectivity index (χ0) is 18.4. The van der Waals surface area contributed by atoms with Gasteiger partial charge in [0.15, 0.2) is 0 Å². The van der Waals surface area contributed by atoms with Gasteiger partial charge in [-0.1, -0.05) is 0 Å². The van der Waals surface area contributed by atoms with Crippen molar-refractivity contribution in [1.82, 2.24) is 4.90 Å². The Hall–Kier alpha value is -2.70. The number of carbonyl (C=O) groups excluding carboxylic acids is 1. The van der Waals surface area contributed by atoms with Gasteiger partial charge in [0.05, 0.1) is 12.1 Å². The summed E-state index contributed by atoms with van der Waals surface area (Å²) in [7, 11) is 3.03. The molecule has 2 aromatic carbocycles. The molecule has 1 amide bonds. The van der Waals surface area contributed by atoms with E-state index in [2.05, 4.69) is 4.99 Å². The zero-order valence-corrected chi connectivity index (χ0v) is 13.5. The van der Waals surface area contributed by atoms with E-state index in [4.69, 9.17) is 0 Å². The summed E-state index contributed by atoms with van der Waals surface area (Å²) in [4.78, 5) is 17.4. The SMILES string of the molecule is CN(C)C(=O)c1cc(F)cc(-c2cc(C(F)(F)F)cc3c2C=NC3)c1. The molecule has 25 heavy (non-hydrogen) atoms. The molecular weight excluding hydrogens is 336 g/mol. The Morgan fingerprint density at radius 1 is 1.12 bits per heavy atom. The molecule has 7 heteroatoms. The van der Waals surface area contributed by atoms with Crippen molar-refractivity contribution in [1.29, 1.82) is 0 Å². The lowest BCUT2D eigenvalue weighted by molar-refractivity contribution is -0.137. The number of halogens is 4. The van der Waals surface area contributed by atoms with E-state index in [0.717, 1.165) is 24.3 Å². The Morgan fingerprint density at radius 2 is 1.84 bits per heavy atom. The zero-order valence-electron chi connectivity index (χ0n) is 13.5. The Bertz CT molecular complexity index is 885. The lowest BCUT2D eigenvalue weighted by Gasteiger charge is -2.15. The molecule has 0 unspecified atom stereocenters. The van der Waals surface area contributed by atoms with E-state index < -0.39 is 23.5 Å². The van der Waals surface area contributed by atoms with E-state index in [0.29, 0.717) is 11.1 Å². The summed E-state index contributed by atoms with van der Waals surface area (Å²) < 4.78 is 53.5. The van der Waals surface area contributed by atoms with Gasteiger partial charge in [0.2, 0.25) is 0 Å². The number of hydrogen-bond donors (Lipinski definition) is 0. The summed E-state index contributed by atoms with van der Waals surface area (Å²) in [6.45, 7) is 0.144. The van der Waals surface area contributed by atoms with Gasteiger partial charge >= 0.3 is 6.18 Å². The van der Waals surface area contributed by atoms with Gasteiger partial charge < -0.3 is 4.90 Å². The van der Waals surface area contributed by atoms with Crippen LogP contribution in [0.15, 0.2) is 35.3 Å². The number of nitrogens with zero attached hydrogens (tertiary/aromatic N) is 2. The topological polar surface area (TPSA) is 32.7 Å². The van der Waals surface area contributed by atoms with Crippen LogP contribution in [0.2, 0.25) is 0 Å². The average Bonchev–Trinajstić information content (AvgIpc) is 3.00. The molecule has 0 saturated carbocycles. The molecule has 1 heterocycles. The smallest absolute Gasteiger partial charge is 0.345 e. The van der Waals surface area contributed by atoms with Gasteiger partial charge in [0.1, 0.15) is 5.82 Å². The fourth-order valence-corrected chi connectivity index (χ4v) is 2.76. The van der Waals surface area contributed by atoms with Crippen molar-refractivity contribution in [2.75, 3.05) is 14.1 Å². The van der Waals surface area contributed by atoms with Crippen molar-refractivity contribution in [3.05, 3.63) is 58.4 Å². The van der Waals surface area contributed by atoms with Crippen LogP contribution in [0.25, 0.3) is 11.1 Å². The van der Waals surface area contributed by atoms with Crippen molar-refractivity contribution in [3.8, 4) is 11.1 Å². The fraction of sp³-hybridized carbons (Fsp3) is 0.222. The molecule has 130 valence electrons. The molecule has 0 aliphatic carbocycles. The van der Waals surface area contributed by atoms with Gasteiger partial charge in [-0.2, -0.15) is 13.2 Å². The minimum absolute atomic E-state index is 0.0705. The number of fused-ring (bicyclic) bond motifs is 1. The molecule has 1 aliphatic heterocycles. The van der Waals surface area contributed by atoms with Crippen LogP contribution in [0.3, 0.4) is 0 Å². The Kier molecular flexibility index (Phi) is 4.10. The van der Waals surface area contributed by atoms with Gasteiger partial charge in [0, 0.05) is 31.4 Å². The van der Waals surface area contributed by atoms with Crippen molar-refractivity contribution in [3.63, 3.8) is 0 Å². The van der Waals surface area contributed by atoms with Crippen molar-refractivity contribution >= 4 is 12.1 Å². The minimum atomic E-state index is -4.53. The summed E-state index contributed by atoms with van der Waals surface area (Å²) in [5.74, 6) is -1.12. The number of benzene rings is 2. The van der Waals surface area contributed by atoms with E-state index in [1.54, 1.807) is 0 Å². The van der Waals surface area contributed by atoms with Gasteiger partial charge in [-0.15, -0.1) is 0 Å². The molecule has 0 spiro atoms. The van der Waals surface area contributed by atoms with Crippen LogP contribution < -0.4 is 0 Å². The third kappa shape index (κ3) is 3.26. The lowest BCUT2D eigenvalue weighted by atomic mass is 9.93. The summed E-state index contributed by atoms with van der Waals surface area (Å²) in [6, 6.07) is 5.60. The normalized spacial score (nSPS) is 13.0. The highest BCUT2D eigenvalue weighted by Crippen LogP contribution is 2.37. The Labute approximate surface area is 141 Å². The molecule has 3 nitrogen and oxygen atoms in total. The number of hydrogen-bond acceptors (Lipinski definition) is 2. The van der Waals surface area contributed by atoms with Crippen LogP contribution in [-0.4, -0.2) is 31.1 Å². The first-order chi connectivity index (χ1) is 11.7. The lowest BCUT2D eigenvalue weighted by Crippen LogP contribution is -2.21. The molecule has 0 aromatic heterocycles. The summed E-state index contributed by atoms with van der Waals surface area (Å²) in [6.07, 6.45) is -3.05. The standard InChI is InChI=1S/C18H14F4N2O/c1-24(2)17(25)11-3-10(5-14(19)6-11)15-7-13(18(20,21)22)4-12-8-23-9-16(12)15/h3-7,9H,8H2,1-2H3. The van der Waals surface area contributed by atoms with Crippen LogP contribution >= 0.6 is 0 Å². The van der Waals surface area contributed by atoms with Gasteiger partial charge in [0.25, 0.3) is 5.91 Å². The number of amides is 1. The Balaban J connectivity index is 2.21. The van der Waals surface area contributed by atoms with E-state index in [1.807, 2.05) is 0 Å². The quantitative estimate of drug-likeness (QED) is 0.749. The minimum Gasteiger partial charge on any atom is -0.345 e. The number of rotatable bonds is 2. The molecule has 0 fully saturated rings. The first kappa shape index (κ1) is 17.1. The van der Waals surface area contributed by atoms with Crippen LogP contribution in [-0.2, 0) is 12.7 Å². The largest absolute Gasteiger partial charge is 0.416 e. The molecule has 0 N–H and O–H groups in total. The average molecular weight is 350 g/mol. The van der Waals surface area contributed by atoms with Crippen molar-refractivity contribution < 1.29 is 22.4 Å². The third-order valence-corrected chi connectivity index (χ3v) is 3.94. The second kappa shape index (κ2) is 5.98. The highest BCUT2D eigenvalue weighted by molar-refractivity contribution is 5.98. The predicted molar refractivity (Wildman–Crippen MR) is 86.2 cm³/mol. The monoisotopic (exact) mass is 350 g/mol. The van der Waals surface area contributed by atoms with Crippen molar-refractivity contribution in [2.24, 2.45) is 4.99 Å². The summed E-state index contributed by atoms with van der Waals surface area (Å²) in [5.41, 5.74) is 0.605. The van der Waals surface area contributed by atoms with Crippen LogP contribution in [0, 0.1) is 5.82 Å². The fourth-order valence-electron chi connectivity index (χ4n) is 2.76. The molecule has 0 saturated heterocycles. The molecule has 2 aromatic rings. The van der Waals surface area contributed by atoms with Crippen molar-refractivity contribution in [2.45, 2.75) is 12.7 Å². The molecule has 0 radical (unpaired) electrons. The van der Waals surface area contributed by atoms with Gasteiger partial charge in [-0.25, -0.2) is 4.39 Å². The third-order valence-electron chi connectivity index (χ3n) is 3.94. The van der Waals surface area contributed by atoms with Crippen LogP contribution in [0.4, 0.5) is 17.6 Å². The number of aliphatic imine (C=N–C) groups is 1. The summed E-state index contributed by atoms with van der Waals surface area (Å²) >= 11 is 0. The number of alkyl halides is 3. The second-order valence-corrected chi connectivity index (χ2v) is 5.99. The number of carbonyl (C=O) groups is 1. The van der Waals surface area contributed by atoms with E-state index in [-0.39, 0.29) is 23.2 Å². The molecular formula is C18H14F4N2O. The highest BCUT2D eigenvalue weighted by Gasteiger charge is 2.32. The van der Waals surface area contributed by atoms with Gasteiger partial charge in [-0.05, 0) is 47.0 Å². The highest BCUT2D eigenvalue weighted by atomic mass is 19.4. The first-order valence-corrected chi connectivity index (χ1v) is 7.43. The van der Waals surface area contributed by atoms with Crippen LogP contribution in [0.1, 0.15) is 27.0 Å². The van der Waals surface area contributed by atoms with Gasteiger partial charge in [-0.3, -0.25) is 9.79 Å². The maximum absolute atomic E-state index is 14.0. The second-order valence-electron chi connectivity index (χ2n) is 5.99. The van der Waals surface area contributed by atoms with E-state index >= 15 is 0 Å². The van der Waals surface area contributed by atoms with E-state index in [9.17, 15) is 22.4 Å². The first-order valence-electron chi connectivity index (χ1n) is 7.43. The molecule has 0 atom stereocenters. The van der Waals surface area contributed by atoms with E-state index in [1.165, 1.54) is 31.3 Å². The maximum atomic E-state index is 14.0. The maximum Gasteiger partial charge on any atom is 0.416 e.